The molecule has 0 radical (unpaired) electrons. The molecule has 1 unspecified atom stereocenters. The predicted molar refractivity (Wildman–Crippen MR) is 75.1 cm³/mol. The maximum atomic E-state index is 12.1. The lowest BCUT2D eigenvalue weighted by Crippen LogP contribution is -2.62. The Morgan fingerprint density at radius 1 is 1.20 bits per heavy atom. The Bertz CT molecular complexity index is 359. The quantitative estimate of drug-likeness (QED) is 0.621. The van der Waals surface area contributed by atoms with Gasteiger partial charge in [-0.05, 0) is 63.2 Å². The van der Waals surface area contributed by atoms with Crippen molar-refractivity contribution in [3.05, 3.63) is 0 Å². The molecule has 4 aliphatic rings. The summed E-state index contributed by atoms with van der Waals surface area (Å²) in [5, 5.41) is 24.6. The summed E-state index contributed by atoms with van der Waals surface area (Å²) in [5.74, 6) is 2.38. The van der Waals surface area contributed by atoms with Crippen molar-refractivity contribution >= 4 is 6.03 Å². The van der Waals surface area contributed by atoms with E-state index in [1.54, 1.807) is 0 Å². The third-order valence-corrected chi connectivity index (χ3v) is 5.39. The van der Waals surface area contributed by atoms with Crippen LogP contribution in [0.4, 0.5) is 4.79 Å². The van der Waals surface area contributed by atoms with Gasteiger partial charge < -0.3 is 20.8 Å². The SMILES string of the molecule is CC(O)(CO)CNC(=O)NC12CC3CC(CC(C3)C1)C2. The summed E-state index contributed by atoms with van der Waals surface area (Å²) < 4.78 is 0. The number of carbonyl (C=O) groups is 1. The third-order valence-electron chi connectivity index (χ3n) is 5.39. The lowest BCUT2D eigenvalue weighted by Gasteiger charge is -2.56. The Morgan fingerprint density at radius 3 is 2.15 bits per heavy atom. The van der Waals surface area contributed by atoms with Gasteiger partial charge in [0.15, 0.2) is 0 Å². The first kappa shape index (κ1) is 14.1. The Labute approximate surface area is 120 Å². The monoisotopic (exact) mass is 282 g/mol. The van der Waals surface area contributed by atoms with Crippen LogP contribution in [0.15, 0.2) is 0 Å². The Hall–Kier alpha value is -0.810. The van der Waals surface area contributed by atoms with Crippen molar-refractivity contribution in [2.45, 2.75) is 56.6 Å². The van der Waals surface area contributed by atoms with E-state index in [-0.39, 0.29) is 24.7 Å². The van der Waals surface area contributed by atoms with Crippen LogP contribution in [0.5, 0.6) is 0 Å². The van der Waals surface area contributed by atoms with Crippen LogP contribution in [0, 0.1) is 17.8 Å². The Balaban J connectivity index is 1.56. The molecular formula is C15H26N2O3. The van der Waals surface area contributed by atoms with Crippen molar-refractivity contribution < 1.29 is 15.0 Å². The van der Waals surface area contributed by atoms with Gasteiger partial charge in [0.05, 0.1) is 13.2 Å². The molecule has 0 heterocycles. The number of hydrogen-bond donors (Lipinski definition) is 4. The first-order valence-corrected chi connectivity index (χ1v) is 7.79. The molecule has 4 N–H and O–H groups in total. The molecule has 0 aromatic rings. The fourth-order valence-corrected chi connectivity index (χ4v) is 4.88. The Kier molecular flexibility index (Phi) is 3.45. The lowest BCUT2D eigenvalue weighted by molar-refractivity contribution is -0.0154. The van der Waals surface area contributed by atoms with E-state index >= 15 is 0 Å². The van der Waals surface area contributed by atoms with Gasteiger partial charge in [0.25, 0.3) is 0 Å². The van der Waals surface area contributed by atoms with Crippen molar-refractivity contribution in [1.82, 2.24) is 10.6 Å². The molecule has 4 fully saturated rings. The van der Waals surface area contributed by atoms with Gasteiger partial charge in [-0.25, -0.2) is 4.79 Å². The van der Waals surface area contributed by atoms with Crippen LogP contribution in [-0.2, 0) is 0 Å². The molecule has 0 saturated heterocycles. The highest BCUT2D eigenvalue weighted by molar-refractivity contribution is 5.75. The summed E-state index contributed by atoms with van der Waals surface area (Å²) in [5.41, 5.74) is -1.26. The zero-order valence-electron chi connectivity index (χ0n) is 12.2. The van der Waals surface area contributed by atoms with E-state index in [0.717, 1.165) is 37.0 Å². The molecule has 4 rings (SSSR count). The molecule has 5 nitrogen and oxygen atoms in total. The summed E-state index contributed by atoms with van der Waals surface area (Å²) in [7, 11) is 0. The molecule has 4 bridgehead atoms. The molecule has 4 saturated carbocycles. The number of aliphatic hydroxyl groups excluding tert-OH is 1. The van der Waals surface area contributed by atoms with E-state index < -0.39 is 5.60 Å². The molecular weight excluding hydrogens is 256 g/mol. The van der Waals surface area contributed by atoms with Crippen LogP contribution in [-0.4, -0.2) is 40.5 Å². The maximum Gasteiger partial charge on any atom is 0.315 e. The van der Waals surface area contributed by atoms with Crippen molar-refractivity contribution in [3.63, 3.8) is 0 Å². The van der Waals surface area contributed by atoms with Crippen LogP contribution in [0.2, 0.25) is 0 Å². The smallest absolute Gasteiger partial charge is 0.315 e. The van der Waals surface area contributed by atoms with Crippen LogP contribution in [0.1, 0.15) is 45.4 Å². The van der Waals surface area contributed by atoms with E-state index in [1.165, 1.54) is 26.2 Å². The Morgan fingerprint density at radius 2 is 1.70 bits per heavy atom. The molecule has 114 valence electrons. The van der Waals surface area contributed by atoms with Crippen LogP contribution in [0.3, 0.4) is 0 Å². The maximum absolute atomic E-state index is 12.1. The second-order valence-corrected chi connectivity index (χ2v) is 7.66. The van der Waals surface area contributed by atoms with Gasteiger partial charge in [0, 0.05) is 5.54 Å². The van der Waals surface area contributed by atoms with E-state index in [2.05, 4.69) is 10.6 Å². The summed E-state index contributed by atoms with van der Waals surface area (Å²) in [6, 6.07) is -0.208. The highest BCUT2D eigenvalue weighted by Gasteiger charge is 2.51. The molecule has 20 heavy (non-hydrogen) atoms. The van der Waals surface area contributed by atoms with Crippen molar-refractivity contribution in [3.8, 4) is 0 Å². The topological polar surface area (TPSA) is 81.6 Å². The minimum Gasteiger partial charge on any atom is -0.393 e. The molecule has 0 aromatic heterocycles. The normalized spacial score (nSPS) is 41.2. The minimum atomic E-state index is -1.25. The van der Waals surface area contributed by atoms with Gasteiger partial charge >= 0.3 is 6.03 Å². The van der Waals surface area contributed by atoms with Gasteiger partial charge in [-0.15, -0.1) is 0 Å². The highest BCUT2D eigenvalue weighted by Crippen LogP contribution is 2.55. The fraction of sp³-hybridized carbons (Fsp3) is 0.933. The minimum absolute atomic E-state index is 0.0100. The average molecular weight is 282 g/mol. The average Bonchev–Trinajstić information content (AvgIpc) is 2.34. The zero-order chi connectivity index (χ0) is 14.4. The van der Waals surface area contributed by atoms with Crippen LogP contribution < -0.4 is 10.6 Å². The van der Waals surface area contributed by atoms with Gasteiger partial charge in [0.1, 0.15) is 5.60 Å². The summed E-state index contributed by atoms with van der Waals surface area (Å²) in [6.07, 6.45) is 7.39. The van der Waals surface area contributed by atoms with E-state index in [0.29, 0.717) is 0 Å². The van der Waals surface area contributed by atoms with Crippen LogP contribution in [0.25, 0.3) is 0 Å². The number of urea groups is 1. The number of hydrogen-bond acceptors (Lipinski definition) is 3. The number of amides is 2. The lowest BCUT2D eigenvalue weighted by atomic mass is 9.53. The molecule has 4 aliphatic carbocycles. The fourth-order valence-electron chi connectivity index (χ4n) is 4.88. The summed E-state index contributed by atoms with van der Waals surface area (Å²) in [6.45, 7) is 1.23. The van der Waals surface area contributed by atoms with E-state index in [1.807, 2.05) is 0 Å². The zero-order valence-corrected chi connectivity index (χ0v) is 12.2. The number of rotatable bonds is 4. The van der Waals surface area contributed by atoms with E-state index in [9.17, 15) is 9.90 Å². The first-order valence-electron chi connectivity index (χ1n) is 7.79. The second kappa shape index (κ2) is 4.88. The van der Waals surface area contributed by atoms with Gasteiger partial charge in [-0.3, -0.25) is 0 Å². The van der Waals surface area contributed by atoms with E-state index in [4.69, 9.17) is 5.11 Å². The molecule has 0 spiro atoms. The second-order valence-electron chi connectivity index (χ2n) is 7.66. The van der Waals surface area contributed by atoms with Crippen molar-refractivity contribution in [2.75, 3.05) is 13.2 Å². The largest absolute Gasteiger partial charge is 0.393 e. The first-order chi connectivity index (χ1) is 9.40. The van der Waals surface area contributed by atoms with Gasteiger partial charge in [-0.1, -0.05) is 0 Å². The van der Waals surface area contributed by atoms with Crippen LogP contribution >= 0.6 is 0 Å². The summed E-state index contributed by atoms with van der Waals surface area (Å²) in [4.78, 5) is 12.1. The number of nitrogens with one attached hydrogen (secondary N) is 2. The predicted octanol–water partition coefficient (Wildman–Crippen LogP) is 0.998. The van der Waals surface area contributed by atoms with Gasteiger partial charge in [0.2, 0.25) is 0 Å². The molecule has 5 heteroatoms. The molecule has 1 atom stereocenters. The third kappa shape index (κ3) is 2.79. The molecule has 2 amide bonds. The number of carbonyl (C=O) groups excluding carboxylic acids is 1. The molecule has 0 aromatic carbocycles. The standard InChI is InChI=1S/C15H26N2O3/c1-14(20,9-18)8-16-13(19)17-15-5-10-2-11(6-15)4-12(3-10)7-15/h10-12,18,20H,2-9H2,1H3,(H2,16,17,19). The molecule has 0 aliphatic heterocycles. The van der Waals surface area contributed by atoms with Crippen molar-refractivity contribution in [1.29, 1.82) is 0 Å². The number of aliphatic hydroxyl groups is 2. The van der Waals surface area contributed by atoms with Crippen molar-refractivity contribution in [2.24, 2.45) is 17.8 Å². The van der Waals surface area contributed by atoms with Gasteiger partial charge in [-0.2, -0.15) is 0 Å². The highest BCUT2D eigenvalue weighted by atomic mass is 16.3. The summed E-state index contributed by atoms with van der Waals surface area (Å²) >= 11 is 0.